The fourth-order valence-corrected chi connectivity index (χ4v) is 5.06. The molecule has 1 atom stereocenters. The molecule has 0 saturated heterocycles. The summed E-state index contributed by atoms with van der Waals surface area (Å²) in [5.41, 5.74) is 7.24. The molecule has 0 saturated carbocycles. The molecule has 2 aliphatic rings. The van der Waals surface area contributed by atoms with E-state index in [1.54, 1.807) is 14.2 Å². The van der Waals surface area contributed by atoms with E-state index in [0.29, 0.717) is 24.5 Å². The molecule has 5 rings (SSSR count). The summed E-state index contributed by atoms with van der Waals surface area (Å²) in [5.74, 6) is 1.42. The Bertz CT molecular complexity index is 1250. The lowest BCUT2D eigenvalue weighted by Crippen LogP contribution is -2.35. The molecule has 2 heterocycles. The highest BCUT2D eigenvalue weighted by Gasteiger charge is 2.37. The van der Waals surface area contributed by atoms with Crippen molar-refractivity contribution in [2.24, 2.45) is 0 Å². The van der Waals surface area contributed by atoms with Crippen molar-refractivity contribution in [1.29, 1.82) is 0 Å². The number of amides is 1. The molecule has 0 bridgehead atoms. The third kappa shape index (κ3) is 3.44. The van der Waals surface area contributed by atoms with E-state index in [4.69, 9.17) is 9.47 Å². The number of carbonyl (C=O) groups excluding carboxylic acids is 1. The highest BCUT2D eigenvalue weighted by molar-refractivity contribution is 6.07. The summed E-state index contributed by atoms with van der Waals surface area (Å²) in [6.07, 6.45) is 0.542. The smallest absolute Gasteiger partial charge is 0.253 e. The van der Waals surface area contributed by atoms with Crippen molar-refractivity contribution in [1.82, 2.24) is 4.90 Å². The first-order valence-corrected chi connectivity index (χ1v) is 11.2. The molecule has 0 fully saturated rings. The quantitative estimate of drug-likeness (QED) is 0.559. The average molecular weight is 441 g/mol. The molecule has 0 radical (unpaired) electrons. The normalized spacial score (nSPS) is 17.2. The van der Waals surface area contributed by atoms with Crippen molar-refractivity contribution in [3.63, 3.8) is 0 Å². The Hall–Kier alpha value is -3.73. The molecule has 2 aliphatic heterocycles. The van der Waals surface area contributed by atoms with Gasteiger partial charge in [0, 0.05) is 42.9 Å². The maximum absolute atomic E-state index is 14.1. The van der Waals surface area contributed by atoms with Crippen LogP contribution in [0.1, 0.15) is 35.2 Å². The molecule has 0 aromatic heterocycles. The van der Waals surface area contributed by atoms with Crippen LogP contribution in [0.3, 0.4) is 0 Å². The minimum Gasteiger partial charge on any atom is -0.493 e. The summed E-state index contributed by atoms with van der Waals surface area (Å²) < 4.78 is 11.1. The van der Waals surface area contributed by atoms with E-state index < -0.39 is 0 Å². The largest absolute Gasteiger partial charge is 0.493 e. The zero-order valence-corrected chi connectivity index (χ0v) is 19.5. The molecular weight excluding hydrogens is 412 g/mol. The molecule has 33 heavy (non-hydrogen) atoms. The van der Waals surface area contributed by atoms with Crippen molar-refractivity contribution in [2.45, 2.75) is 25.9 Å². The van der Waals surface area contributed by atoms with E-state index in [0.717, 1.165) is 39.2 Å². The number of anilines is 1. The van der Waals surface area contributed by atoms with Crippen LogP contribution in [-0.4, -0.2) is 32.1 Å². The Balaban J connectivity index is 1.68. The zero-order valence-electron chi connectivity index (χ0n) is 19.5. The Morgan fingerprint density at radius 1 is 0.939 bits per heavy atom. The molecule has 3 aromatic rings. The van der Waals surface area contributed by atoms with Crippen LogP contribution in [0.4, 0.5) is 5.69 Å². The molecule has 168 valence electrons. The average Bonchev–Trinajstić information content (AvgIpc) is 2.93. The second-order valence-corrected chi connectivity index (χ2v) is 8.58. The summed E-state index contributed by atoms with van der Waals surface area (Å²) in [6, 6.07) is 22.5. The van der Waals surface area contributed by atoms with Gasteiger partial charge in [0.05, 0.1) is 26.0 Å². The van der Waals surface area contributed by atoms with Crippen LogP contribution in [0.15, 0.2) is 72.3 Å². The van der Waals surface area contributed by atoms with Crippen molar-refractivity contribution in [3.8, 4) is 11.5 Å². The van der Waals surface area contributed by atoms with Crippen LogP contribution in [0.2, 0.25) is 0 Å². The molecule has 5 nitrogen and oxygen atoms in total. The molecule has 0 unspecified atom stereocenters. The van der Waals surface area contributed by atoms with Gasteiger partial charge in [-0.25, -0.2) is 0 Å². The first-order chi connectivity index (χ1) is 16.0. The number of hydrogen-bond donors (Lipinski definition) is 0. The monoisotopic (exact) mass is 440 g/mol. The summed E-state index contributed by atoms with van der Waals surface area (Å²) in [5, 5.41) is 0. The minimum atomic E-state index is -0.0555. The standard InChI is InChI=1S/C28H28N2O3/c1-18-21-12-8-9-13-22(21)27-23(28(31)30(18)17-19-10-6-5-7-11-19)14-20-15-25(32-3)26(33-4)16-24(20)29(27)2/h5-13,15-16,18H,14,17H2,1-4H3/t18-/m0/s1. The van der Waals surface area contributed by atoms with Gasteiger partial charge in [0.2, 0.25) is 0 Å². The number of fused-ring (bicyclic) bond motifs is 3. The highest BCUT2D eigenvalue weighted by atomic mass is 16.5. The predicted molar refractivity (Wildman–Crippen MR) is 130 cm³/mol. The second-order valence-electron chi connectivity index (χ2n) is 8.58. The van der Waals surface area contributed by atoms with Gasteiger partial charge < -0.3 is 19.3 Å². The van der Waals surface area contributed by atoms with Crippen LogP contribution in [0.5, 0.6) is 11.5 Å². The van der Waals surface area contributed by atoms with Crippen molar-refractivity contribution in [2.75, 3.05) is 26.2 Å². The molecule has 0 N–H and O–H groups in total. The summed E-state index contributed by atoms with van der Waals surface area (Å²) in [4.78, 5) is 18.2. The number of rotatable bonds is 4. The van der Waals surface area contributed by atoms with Crippen LogP contribution in [0.25, 0.3) is 5.70 Å². The van der Waals surface area contributed by atoms with E-state index in [1.165, 1.54) is 0 Å². The van der Waals surface area contributed by atoms with Gasteiger partial charge in [-0.05, 0) is 29.7 Å². The van der Waals surface area contributed by atoms with Gasteiger partial charge in [-0.2, -0.15) is 0 Å². The first kappa shape index (κ1) is 21.1. The van der Waals surface area contributed by atoms with Gasteiger partial charge in [0.15, 0.2) is 11.5 Å². The van der Waals surface area contributed by atoms with Crippen molar-refractivity contribution >= 4 is 17.3 Å². The lowest BCUT2D eigenvalue weighted by molar-refractivity contribution is -0.129. The Morgan fingerprint density at radius 2 is 1.61 bits per heavy atom. The van der Waals surface area contributed by atoms with E-state index in [-0.39, 0.29) is 11.9 Å². The molecule has 1 amide bonds. The number of ether oxygens (including phenoxy) is 2. The molecule has 0 aliphatic carbocycles. The van der Waals surface area contributed by atoms with Crippen LogP contribution < -0.4 is 14.4 Å². The van der Waals surface area contributed by atoms with Gasteiger partial charge in [-0.3, -0.25) is 4.79 Å². The molecule has 0 spiro atoms. The Kier molecular flexibility index (Phi) is 5.33. The number of benzene rings is 3. The summed E-state index contributed by atoms with van der Waals surface area (Å²) in [7, 11) is 5.31. The third-order valence-corrected chi connectivity index (χ3v) is 6.78. The second kappa shape index (κ2) is 8.32. The Morgan fingerprint density at radius 3 is 2.33 bits per heavy atom. The highest BCUT2D eigenvalue weighted by Crippen LogP contribution is 2.46. The molecular formula is C28H28N2O3. The van der Waals surface area contributed by atoms with Gasteiger partial charge in [0.25, 0.3) is 5.91 Å². The van der Waals surface area contributed by atoms with E-state index >= 15 is 0 Å². The maximum Gasteiger partial charge on any atom is 0.253 e. The SMILES string of the molecule is COc1cc2c(cc1OC)N(C)C1=C(C2)C(=O)N(Cc2ccccc2)[C@@H](C)c2ccccc21. The Labute approximate surface area is 194 Å². The minimum absolute atomic E-state index is 0.0555. The van der Waals surface area contributed by atoms with E-state index in [1.807, 2.05) is 48.3 Å². The van der Waals surface area contributed by atoms with E-state index in [9.17, 15) is 4.79 Å². The predicted octanol–water partition coefficient (Wildman–Crippen LogP) is 5.21. The summed E-state index contributed by atoms with van der Waals surface area (Å²) in [6.45, 7) is 2.69. The summed E-state index contributed by atoms with van der Waals surface area (Å²) >= 11 is 0. The van der Waals surface area contributed by atoms with Crippen molar-refractivity contribution < 1.29 is 14.3 Å². The van der Waals surface area contributed by atoms with Crippen LogP contribution in [-0.2, 0) is 17.8 Å². The van der Waals surface area contributed by atoms with Crippen LogP contribution in [0, 0.1) is 0 Å². The topological polar surface area (TPSA) is 42.0 Å². The number of carbonyl (C=O) groups is 1. The zero-order chi connectivity index (χ0) is 23.1. The number of methoxy groups -OCH3 is 2. The number of hydrogen-bond acceptors (Lipinski definition) is 4. The molecule has 3 aromatic carbocycles. The van der Waals surface area contributed by atoms with Crippen molar-refractivity contribution in [3.05, 3.63) is 94.6 Å². The number of nitrogens with zero attached hydrogens (tertiary/aromatic N) is 2. The van der Waals surface area contributed by atoms with Crippen LogP contribution >= 0.6 is 0 Å². The fraction of sp³-hybridized carbons (Fsp3) is 0.250. The fourth-order valence-electron chi connectivity index (χ4n) is 5.06. The van der Waals surface area contributed by atoms with E-state index in [2.05, 4.69) is 42.2 Å². The van der Waals surface area contributed by atoms with Gasteiger partial charge in [-0.1, -0.05) is 54.6 Å². The molecule has 5 heteroatoms. The van der Waals surface area contributed by atoms with Gasteiger partial charge in [-0.15, -0.1) is 0 Å². The maximum atomic E-state index is 14.1. The van der Waals surface area contributed by atoms with Gasteiger partial charge in [0.1, 0.15) is 0 Å². The lowest BCUT2D eigenvalue weighted by atomic mass is 9.90. The van der Waals surface area contributed by atoms with Gasteiger partial charge >= 0.3 is 0 Å². The lowest BCUT2D eigenvalue weighted by Gasteiger charge is -2.33. The third-order valence-electron chi connectivity index (χ3n) is 6.78. The first-order valence-electron chi connectivity index (χ1n) is 11.2.